The predicted molar refractivity (Wildman–Crippen MR) is 87.2 cm³/mol. The lowest BCUT2D eigenvalue weighted by molar-refractivity contribution is -0.129. The first kappa shape index (κ1) is 17.2. The number of hydrogen-bond acceptors (Lipinski definition) is 5. The molecule has 0 bridgehead atoms. The van der Waals surface area contributed by atoms with Gasteiger partial charge in [0, 0.05) is 26.2 Å². The molecule has 1 unspecified atom stereocenters. The van der Waals surface area contributed by atoms with Gasteiger partial charge in [0.05, 0.1) is 24.8 Å². The van der Waals surface area contributed by atoms with Crippen molar-refractivity contribution in [3.8, 4) is 0 Å². The Morgan fingerprint density at radius 3 is 2.71 bits per heavy atom. The van der Waals surface area contributed by atoms with Gasteiger partial charge in [0.2, 0.25) is 11.7 Å². The number of halogens is 1. The van der Waals surface area contributed by atoms with Crippen molar-refractivity contribution in [1.82, 2.24) is 14.8 Å². The molecular weight excluding hydrogens is 334 g/mol. The third-order valence-electron chi connectivity index (χ3n) is 4.54. The van der Waals surface area contributed by atoms with Crippen LogP contribution in [0.4, 0.5) is 0 Å². The summed E-state index contributed by atoms with van der Waals surface area (Å²) in [5.74, 6) is 0.617. The highest BCUT2D eigenvalue weighted by Gasteiger charge is 2.30. The van der Waals surface area contributed by atoms with Crippen molar-refractivity contribution < 1.29 is 18.7 Å². The summed E-state index contributed by atoms with van der Waals surface area (Å²) in [6.45, 7) is 5.25. The maximum absolute atomic E-state index is 12.6. The van der Waals surface area contributed by atoms with Gasteiger partial charge in [-0.1, -0.05) is 0 Å². The van der Waals surface area contributed by atoms with Crippen molar-refractivity contribution in [3.05, 3.63) is 17.3 Å². The van der Waals surface area contributed by atoms with Crippen molar-refractivity contribution in [3.63, 3.8) is 0 Å². The number of rotatable bonds is 3. The summed E-state index contributed by atoms with van der Waals surface area (Å²) < 4.78 is 11.1. The molecular formula is C16H22ClN3O4. The van der Waals surface area contributed by atoms with Crippen molar-refractivity contribution in [2.75, 3.05) is 45.3 Å². The van der Waals surface area contributed by atoms with E-state index in [4.69, 9.17) is 20.8 Å². The van der Waals surface area contributed by atoms with Crippen molar-refractivity contribution in [2.24, 2.45) is 0 Å². The zero-order valence-corrected chi connectivity index (χ0v) is 14.5. The van der Waals surface area contributed by atoms with Gasteiger partial charge in [-0.15, -0.1) is 11.6 Å². The minimum Gasteiger partial charge on any atom is -0.435 e. The van der Waals surface area contributed by atoms with E-state index in [1.54, 1.807) is 16.7 Å². The van der Waals surface area contributed by atoms with Crippen LogP contribution in [-0.2, 0) is 9.53 Å². The number of carbonyl (C=O) groups is 2. The molecule has 1 atom stereocenters. The fraction of sp³-hybridized carbons (Fsp3) is 0.688. The summed E-state index contributed by atoms with van der Waals surface area (Å²) in [5.41, 5.74) is 0.599. The van der Waals surface area contributed by atoms with Crippen LogP contribution >= 0.6 is 11.6 Å². The van der Waals surface area contributed by atoms with Crippen LogP contribution in [-0.4, -0.2) is 71.9 Å². The van der Waals surface area contributed by atoms with E-state index in [2.05, 4.69) is 4.98 Å². The third-order valence-corrected chi connectivity index (χ3v) is 4.77. The minimum atomic E-state index is -0.140. The molecule has 0 N–H and O–H groups in total. The second-order valence-electron chi connectivity index (χ2n) is 6.18. The van der Waals surface area contributed by atoms with Gasteiger partial charge in [0.1, 0.15) is 5.88 Å². The molecule has 132 valence electrons. The van der Waals surface area contributed by atoms with Crippen LogP contribution in [0, 0.1) is 6.92 Å². The normalized spacial score (nSPS) is 21.8. The molecule has 3 heterocycles. The third kappa shape index (κ3) is 3.57. The first-order chi connectivity index (χ1) is 11.6. The molecule has 24 heavy (non-hydrogen) atoms. The molecule has 1 aromatic rings. The number of nitrogens with zero attached hydrogens (tertiary/aromatic N) is 3. The molecule has 2 aliphatic heterocycles. The Bertz CT molecular complexity index is 612. The van der Waals surface area contributed by atoms with E-state index in [-0.39, 0.29) is 23.6 Å². The van der Waals surface area contributed by atoms with Crippen molar-refractivity contribution in [1.29, 1.82) is 0 Å². The molecule has 0 radical (unpaired) electrons. The number of morpholine rings is 1. The molecule has 0 aliphatic carbocycles. The van der Waals surface area contributed by atoms with Gasteiger partial charge >= 0.3 is 0 Å². The number of aromatic nitrogens is 1. The van der Waals surface area contributed by atoms with Gasteiger partial charge in [-0.25, -0.2) is 4.98 Å². The van der Waals surface area contributed by atoms with Gasteiger partial charge in [-0.3, -0.25) is 9.59 Å². The van der Waals surface area contributed by atoms with E-state index in [0.717, 1.165) is 12.8 Å². The Kier molecular flexibility index (Phi) is 5.40. The maximum Gasteiger partial charge on any atom is 0.291 e. The van der Waals surface area contributed by atoms with Crippen LogP contribution in [0.3, 0.4) is 0 Å². The summed E-state index contributed by atoms with van der Waals surface area (Å²) in [5, 5.41) is 0. The number of carbonyl (C=O) groups excluding carboxylic acids is 2. The van der Waals surface area contributed by atoms with Crippen LogP contribution in [0.15, 0.2) is 4.42 Å². The Balaban J connectivity index is 1.73. The fourth-order valence-electron chi connectivity index (χ4n) is 3.19. The average molecular weight is 356 g/mol. The van der Waals surface area contributed by atoms with Gasteiger partial charge in [-0.2, -0.15) is 0 Å². The number of alkyl halides is 1. The number of piperidine rings is 1. The van der Waals surface area contributed by atoms with Crippen LogP contribution in [0.1, 0.15) is 40.9 Å². The summed E-state index contributed by atoms with van der Waals surface area (Å²) in [6.07, 6.45) is 1.76. The zero-order valence-electron chi connectivity index (χ0n) is 13.8. The Labute approximate surface area is 145 Å². The maximum atomic E-state index is 12.6. The van der Waals surface area contributed by atoms with Crippen LogP contribution in [0.5, 0.6) is 0 Å². The first-order valence-electron chi connectivity index (χ1n) is 8.28. The van der Waals surface area contributed by atoms with E-state index in [9.17, 15) is 9.59 Å². The zero-order chi connectivity index (χ0) is 17.1. The first-order valence-corrected chi connectivity index (χ1v) is 8.81. The minimum absolute atomic E-state index is 0.0101. The Morgan fingerprint density at radius 1 is 1.25 bits per heavy atom. The lowest BCUT2D eigenvalue weighted by atomic mass is 9.98. The standard InChI is InChI=1S/C16H22ClN3O4/c1-11-14(16(22)19-5-7-23-8-6-19)24-15(18-11)12-3-2-4-20(10-12)13(21)9-17/h12H,2-10H2,1H3. The van der Waals surface area contributed by atoms with E-state index in [1.165, 1.54) is 0 Å². The summed E-state index contributed by atoms with van der Waals surface area (Å²) >= 11 is 5.65. The van der Waals surface area contributed by atoms with Crippen LogP contribution in [0.2, 0.25) is 0 Å². The molecule has 7 nitrogen and oxygen atoms in total. The van der Waals surface area contributed by atoms with Gasteiger partial charge < -0.3 is 19.0 Å². The molecule has 8 heteroatoms. The number of hydrogen-bond donors (Lipinski definition) is 0. The molecule has 1 aromatic heterocycles. The fourth-order valence-corrected chi connectivity index (χ4v) is 3.36. The largest absolute Gasteiger partial charge is 0.435 e. The van der Waals surface area contributed by atoms with E-state index < -0.39 is 0 Å². The SMILES string of the molecule is Cc1nc(C2CCCN(C(=O)CCl)C2)oc1C(=O)N1CCOCC1. The number of aryl methyl sites for hydroxylation is 1. The van der Waals surface area contributed by atoms with E-state index in [1.807, 2.05) is 0 Å². The molecule has 2 amide bonds. The smallest absolute Gasteiger partial charge is 0.291 e. The second-order valence-corrected chi connectivity index (χ2v) is 6.45. The van der Waals surface area contributed by atoms with Crippen molar-refractivity contribution in [2.45, 2.75) is 25.7 Å². The van der Waals surface area contributed by atoms with Crippen molar-refractivity contribution >= 4 is 23.4 Å². The summed E-state index contributed by atoms with van der Waals surface area (Å²) in [6, 6.07) is 0. The molecule has 2 aliphatic rings. The van der Waals surface area contributed by atoms with Gasteiger partial charge in [0.25, 0.3) is 5.91 Å². The lowest BCUT2D eigenvalue weighted by Gasteiger charge is -2.30. The van der Waals surface area contributed by atoms with E-state index in [0.29, 0.717) is 56.7 Å². The Hall–Kier alpha value is -1.60. The Morgan fingerprint density at radius 2 is 2.00 bits per heavy atom. The van der Waals surface area contributed by atoms with Crippen LogP contribution in [0.25, 0.3) is 0 Å². The highest BCUT2D eigenvalue weighted by molar-refractivity contribution is 6.27. The second kappa shape index (κ2) is 7.53. The predicted octanol–water partition coefficient (Wildman–Crippen LogP) is 1.40. The van der Waals surface area contributed by atoms with Gasteiger partial charge in [0.15, 0.2) is 5.89 Å². The quantitative estimate of drug-likeness (QED) is 0.766. The molecule has 0 saturated carbocycles. The van der Waals surface area contributed by atoms with Crippen LogP contribution < -0.4 is 0 Å². The molecule has 0 aromatic carbocycles. The number of amides is 2. The lowest BCUT2D eigenvalue weighted by Crippen LogP contribution is -2.40. The topological polar surface area (TPSA) is 75.9 Å². The monoisotopic (exact) mass is 355 g/mol. The number of likely N-dealkylation sites (tertiary alicyclic amines) is 1. The number of ether oxygens (including phenoxy) is 1. The van der Waals surface area contributed by atoms with E-state index >= 15 is 0 Å². The van der Waals surface area contributed by atoms with Gasteiger partial charge in [-0.05, 0) is 19.8 Å². The summed E-state index contributed by atoms with van der Waals surface area (Å²) in [4.78, 5) is 32.3. The average Bonchev–Trinajstić information content (AvgIpc) is 3.03. The highest BCUT2D eigenvalue weighted by Crippen LogP contribution is 2.28. The summed E-state index contributed by atoms with van der Waals surface area (Å²) in [7, 11) is 0. The number of oxazole rings is 1. The molecule has 2 saturated heterocycles. The molecule has 2 fully saturated rings. The molecule has 0 spiro atoms. The molecule has 3 rings (SSSR count). The highest BCUT2D eigenvalue weighted by atomic mass is 35.5.